The van der Waals surface area contributed by atoms with Gasteiger partial charge in [0.15, 0.2) is 11.6 Å². The Morgan fingerprint density at radius 2 is 1.59 bits per heavy atom. The van der Waals surface area contributed by atoms with Crippen LogP contribution in [0, 0.1) is 17.5 Å². The van der Waals surface area contributed by atoms with Gasteiger partial charge < -0.3 is 4.74 Å². The van der Waals surface area contributed by atoms with Crippen molar-refractivity contribution in [2.45, 2.75) is 58.0 Å². The van der Waals surface area contributed by atoms with E-state index in [1.165, 1.54) is 0 Å². The quantitative estimate of drug-likeness (QED) is 0.318. The lowest BCUT2D eigenvalue weighted by atomic mass is 9.89. The van der Waals surface area contributed by atoms with Crippen LogP contribution in [0.2, 0.25) is 0 Å². The average Bonchev–Trinajstić information content (AvgIpc) is 2.86. The fourth-order valence-corrected chi connectivity index (χ4v) is 4.68. The first kappa shape index (κ1) is 24.3. The summed E-state index contributed by atoms with van der Waals surface area (Å²) in [5, 5.41) is 0. The van der Waals surface area contributed by atoms with Gasteiger partial charge in [-0.1, -0.05) is 67.6 Å². The third-order valence-electron chi connectivity index (χ3n) is 6.78. The van der Waals surface area contributed by atoms with Crippen LogP contribution in [0.15, 0.2) is 66.7 Å². The molecular weight excluding hydrogens is 433 g/mol. The molecule has 1 aliphatic rings. The van der Waals surface area contributed by atoms with Crippen LogP contribution in [0.1, 0.15) is 56.6 Å². The van der Waals surface area contributed by atoms with E-state index in [1.807, 2.05) is 13.0 Å². The summed E-state index contributed by atoms with van der Waals surface area (Å²) < 4.78 is 49.7. The highest BCUT2D eigenvalue weighted by atomic mass is 19.2. The van der Waals surface area contributed by atoms with E-state index in [1.54, 1.807) is 55.5 Å². The van der Waals surface area contributed by atoms with Crippen molar-refractivity contribution in [1.29, 1.82) is 0 Å². The average molecular weight is 465 g/mol. The van der Waals surface area contributed by atoms with Gasteiger partial charge in [0, 0.05) is 17.0 Å². The lowest BCUT2D eigenvalue weighted by Crippen LogP contribution is -2.24. The van der Waals surface area contributed by atoms with Crippen LogP contribution in [0.3, 0.4) is 0 Å². The lowest BCUT2D eigenvalue weighted by Gasteiger charge is -2.29. The van der Waals surface area contributed by atoms with Crippen molar-refractivity contribution in [3.63, 3.8) is 0 Å². The molecule has 0 spiro atoms. The molecule has 1 fully saturated rings. The van der Waals surface area contributed by atoms with Gasteiger partial charge in [-0.25, -0.2) is 13.2 Å². The van der Waals surface area contributed by atoms with Gasteiger partial charge in [-0.2, -0.15) is 0 Å². The Hall–Kier alpha value is -2.85. The van der Waals surface area contributed by atoms with Gasteiger partial charge in [0.1, 0.15) is 5.82 Å². The molecule has 178 valence electrons. The molecule has 0 amide bonds. The zero-order valence-corrected chi connectivity index (χ0v) is 19.8. The maximum Gasteiger partial charge on any atom is 0.166 e. The van der Waals surface area contributed by atoms with Crippen LogP contribution in [-0.4, -0.2) is 12.7 Å². The van der Waals surface area contributed by atoms with E-state index >= 15 is 4.39 Å². The van der Waals surface area contributed by atoms with Crippen LogP contribution in [0.5, 0.6) is 0 Å². The third kappa shape index (κ3) is 5.28. The normalized spacial score (nSPS) is 18.5. The van der Waals surface area contributed by atoms with E-state index in [0.717, 1.165) is 31.2 Å². The molecule has 4 rings (SSSR count). The van der Waals surface area contributed by atoms with Crippen LogP contribution in [0.4, 0.5) is 13.2 Å². The van der Waals surface area contributed by atoms with Crippen molar-refractivity contribution in [2.24, 2.45) is 0 Å². The minimum atomic E-state index is -0.846. The van der Waals surface area contributed by atoms with E-state index < -0.39 is 11.6 Å². The van der Waals surface area contributed by atoms with E-state index in [-0.39, 0.29) is 23.4 Å². The van der Waals surface area contributed by atoms with E-state index in [2.05, 4.69) is 12.2 Å². The fraction of sp³-hybridized carbons (Fsp3) is 0.333. The van der Waals surface area contributed by atoms with Crippen LogP contribution < -0.4 is 0 Å². The molecule has 1 saturated heterocycles. The highest BCUT2D eigenvalue weighted by Crippen LogP contribution is 2.34. The molecule has 1 heterocycles. The Morgan fingerprint density at radius 3 is 2.21 bits per heavy atom. The standard InChI is InChI=1S/C30H31F3O/c1-3-5-6-7-25-15-12-24(19-34-25)23-14-16-26(28(31)18-23)21-8-10-22(11-9-21)27-17-13-20(4-2)29(32)30(27)33/h3,5,8-11,13-14,16-18,24-25H,4,6-7,12,15,19H2,1-2H3/b5-3+. The highest BCUT2D eigenvalue weighted by molar-refractivity contribution is 5.71. The largest absolute Gasteiger partial charge is 0.378 e. The smallest absolute Gasteiger partial charge is 0.166 e. The number of hydrogen-bond donors (Lipinski definition) is 0. The molecule has 0 radical (unpaired) electrons. The van der Waals surface area contributed by atoms with Crippen LogP contribution >= 0.6 is 0 Å². The molecule has 34 heavy (non-hydrogen) atoms. The molecule has 2 unspecified atom stereocenters. The summed E-state index contributed by atoms with van der Waals surface area (Å²) in [5.41, 5.74) is 3.26. The molecule has 0 aliphatic carbocycles. The Kier molecular flexibility index (Phi) is 7.89. The summed E-state index contributed by atoms with van der Waals surface area (Å²) >= 11 is 0. The lowest BCUT2D eigenvalue weighted by molar-refractivity contribution is -0.000225. The van der Waals surface area contributed by atoms with Crippen molar-refractivity contribution in [1.82, 2.24) is 0 Å². The summed E-state index contributed by atoms with van der Waals surface area (Å²) in [5.74, 6) is -1.74. The SMILES string of the molecule is C/C=C/CCC1CCC(c2ccc(-c3ccc(-c4ccc(CC)c(F)c4F)cc3)c(F)c2)CO1. The third-order valence-corrected chi connectivity index (χ3v) is 6.78. The predicted octanol–water partition coefficient (Wildman–Crippen LogP) is 8.62. The maximum absolute atomic E-state index is 15.0. The predicted molar refractivity (Wildman–Crippen MR) is 132 cm³/mol. The molecule has 3 aromatic rings. The van der Waals surface area contributed by atoms with Gasteiger partial charge in [0.25, 0.3) is 0 Å². The molecule has 3 aromatic carbocycles. The first-order chi connectivity index (χ1) is 16.5. The molecule has 0 bridgehead atoms. The second kappa shape index (κ2) is 11.1. The number of halogens is 3. The first-order valence-corrected chi connectivity index (χ1v) is 12.1. The van der Waals surface area contributed by atoms with Gasteiger partial charge in [0.05, 0.1) is 12.7 Å². The van der Waals surface area contributed by atoms with Gasteiger partial charge in [0.2, 0.25) is 0 Å². The topological polar surface area (TPSA) is 9.23 Å². The van der Waals surface area contributed by atoms with E-state index in [0.29, 0.717) is 35.3 Å². The van der Waals surface area contributed by atoms with Crippen molar-refractivity contribution in [3.8, 4) is 22.3 Å². The van der Waals surface area contributed by atoms with Crippen molar-refractivity contribution < 1.29 is 17.9 Å². The minimum absolute atomic E-state index is 0.202. The number of ether oxygens (including phenoxy) is 1. The summed E-state index contributed by atoms with van der Waals surface area (Å²) in [6.45, 7) is 4.43. The molecule has 2 atom stereocenters. The van der Waals surface area contributed by atoms with Gasteiger partial charge >= 0.3 is 0 Å². The Bertz CT molecular complexity index is 1140. The first-order valence-electron chi connectivity index (χ1n) is 12.1. The number of aryl methyl sites for hydroxylation is 1. The molecule has 0 aromatic heterocycles. The molecule has 1 aliphatic heterocycles. The molecule has 1 nitrogen and oxygen atoms in total. The Morgan fingerprint density at radius 1 is 0.882 bits per heavy atom. The maximum atomic E-state index is 15.0. The van der Waals surface area contributed by atoms with Gasteiger partial charge in [-0.3, -0.25) is 0 Å². The fourth-order valence-electron chi connectivity index (χ4n) is 4.68. The summed E-state index contributed by atoms with van der Waals surface area (Å²) in [6.07, 6.45) is 8.97. The van der Waals surface area contributed by atoms with Crippen molar-refractivity contribution in [2.75, 3.05) is 6.61 Å². The van der Waals surface area contributed by atoms with Crippen molar-refractivity contribution in [3.05, 3.63) is 95.3 Å². The number of hydrogen-bond acceptors (Lipinski definition) is 1. The Balaban J connectivity index is 1.46. The second-order valence-corrected chi connectivity index (χ2v) is 8.95. The minimum Gasteiger partial charge on any atom is -0.378 e. The zero-order chi connectivity index (χ0) is 24.1. The van der Waals surface area contributed by atoms with Gasteiger partial charge in [-0.05, 0) is 67.3 Å². The molecule has 4 heteroatoms. The summed E-state index contributed by atoms with van der Waals surface area (Å²) in [4.78, 5) is 0. The van der Waals surface area contributed by atoms with Crippen LogP contribution in [-0.2, 0) is 11.2 Å². The van der Waals surface area contributed by atoms with Crippen LogP contribution in [0.25, 0.3) is 22.3 Å². The highest BCUT2D eigenvalue weighted by Gasteiger charge is 2.23. The zero-order valence-electron chi connectivity index (χ0n) is 19.8. The molecule has 0 saturated carbocycles. The van der Waals surface area contributed by atoms with E-state index in [9.17, 15) is 8.78 Å². The summed E-state index contributed by atoms with van der Waals surface area (Å²) in [7, 11) is 0. The molecular formula is C30H31F3O. The monoisotopic (exact) mass is 464 g/mol. The Labute approximate surface area is 200 Å². The van der Waals surface area contributed by atoms with Gasteiger partial charge in [-0.15, -0.1) is 0 Å². The second-order valence-electron chi connectivity index (χ2n) is 8.95. The summed E-state index contributed by atoms with van der Waals surface area (Å²) in [6, 6.07) is 15.5. The number of rotatable bonds is 7. The number of allylic oxidation sites excluding steroid dienone is 2. The number of benzene rings is 3. The van der Waals surface area contributed by atoms with Crippen molar-refractivity contribution >= 4 is 0 Å². The molecule has 0 N–H and O–H groups in total. The van der Waals surface area contributed by atoms with E-state index in [4.69, 9.17) is 4.74 Å².